The van der Waals surface area contributed by atoms with Gasteiger partial charge in [0.15, 0.2) is 0 Å². The summed E-state index contributed by atoms with van der Waals surface area (Å²) in [6, 6.07) is -0.616. The Morgan fingerprint density at radius 2 is 0.698 bits per heavy atom. The van der Waals surface area contributed by atoms with Gasteiger partial charge in [-0.25, -0.2) is 0 Å². The van der Waals surface area contributed by atoms with Crippen molar-refractivity contribution in [3.63, 3.8) is 0 Å². The van der Waals surface area contributed by atoms with Gasteiger partial charge in [-0.05, 0) is 19.3 Å². The van der Waals surface area contributed by atoms with Crippen LogP contribution in [0.25, 0.3) is 0 Å². The molecule has 3 N–H and O–H groups in total. The molecule has 0 aromatic rings. The Kier molecular flexibility index (Phi) is 44.8. The predicted molar refractivity (Wildman–Crippen MR) is 235 cm³/mol. The molecule has 0 aromatic carbocycles. The van der Waals surface area contributed by atoms with Crippen molar-refractivity contribution in [2.45, 2.75) is 289 Å². The minimum Gasteiger partial charge on any atom is -0.394 e. The topological polar surface area (TPSA) is 69.6 Å². The lowest BCUT2D eigenvalue weighted by molar-refractivity contribution is -0.123. The first-order valence-corrected chi connectivity index (χ1v) is 24.4. The molecule has 4 nitrogen and oxygen atoms in total. The van der Waals surface area contributed by atoms with E-state index in [1.807, 2.05) is 6.08 Å². The van der Waals surface area contributed by atoms with Gasteiger partial charge in [0.25, 0.3) is 0 Å². The SMILES string of the molecule is CCCCCCCCCCCCCCC/C=C/C(O)C(CO)NC(=O)CCCCCCCCCCCCCCCCCCCCCCCCCCCC. The fraction of sp³-hybridized carbons (Fsp3) is 0.939. The van der Waals surface area contributed by atoms with Crippen LogP contribution in [0, 0.1) is 0 Å². The summed E-state index contributed by atoms with van der Waals surface area (Å²) in [6.45, 7) is 4.33. The van der Waals surface area contributed by atoms with Gasteiger partial charge in [-0.3, -0.25) is 4.79 Å². The van der Waals surface area contributed by atoms with Gasteiger partial charge >= 0.3 is 0 Å². The summed E-state index contributed by atoms with van der Waals surface area (Å²) in [5.41, 5.74) is 0. The molecule has 0 radical (unpaired) electrons. The summed E-state index contributed by atoms with van der Waals surface area (Å²) in [5, 5.41) is 23.0. The van der Waals surface area contributed by atoms with E-state index in [9.17, 15) is 15.0 Å². The maximum absolute atomic E-state index is 12.4. The number of carbonyl (C=O) groups excluding carboxylic acids is 1. The average Bonchev–Trinajstić information content (AvgIpc) is 3.16. The fourth-order valence-corrected chi connectivity index (χ4v) is 7.77. The lowest BCUT2D eigenvalue weighted by Crippen LogP contribution is -2.45. The number of unbranched alkanes of at least 4 members (excludes halogenated alkanes) is 38. The van der Waals surface area contributed by atoms with Gasteiger partial charge in [-0.15, -0.1) is 0 Å². The molecule has 4 heteroatoms. The molecule has 0 spiro atoms. The van der Waals surface area contributed by atoms with Crippen LogP contribution in [0.3, 0.4) is 0 Å². The lowest BCUT2D eigenvalue weighted by atomic mass is 10.0. The van der Waals surface area contributed by atoms with Crippen molar-refractivity contribution < 1.29 is 15.0 Å². The van der Waals surface area contributed by atoms with E-state index in [0.717, 1.165) is 25.7 Å². The average molecular weight is 748 g/mol. The Labute approximate surface area is 333 Å². The van der Waals surface area contributed by atoms with Crippen LogP contribution in [-0.4, -0.2) is 34.9 Å². The molecule has 2 atom stereocenters. The highest BCUT2D eigenvalue weighted by molar-refractivity contribution is 5.76. The molecule has 0 saturated carbocycles. The van der Waals surface area contributed by atoms with Crippen LogP contribution < -0.4 is 5.32 Å². The Morgan fingerprint density at radius 1 is 0.434 bits per heavy atom. The van der Waals surface area contributed by atoms with Crippen molar-refractivity contribution in [1.29, 1.82) is 0 Å². The zero-order valence-corrected chi connectivity index (χ0v) is 36.3. The number of hydrogen-bond donors (Lipinski definition) is 3. The van der Waals surface area contributed by atoms with Crippen LogP contribution in [0.15, 0.2) is 12.2 Å². The first-order valence-electron chi connectivity index (χ1n) is 24.4. The number of rotatable bonds is 45. The normalized spacial score (nSPS) is 12.9. The van der Waals surface area contributed by atoms with Crippen LogP contribution in [0.2, 0.25) is 0 Å². The van der Waals surface area contributed by atoms with Crippen LogP contribution in [-0.2, 0) is 4.79 Å². The first kappa shape index (κ1) is 52.1. The maximum atomic E-state index is 12.4. The van der Waals surface area contributed by atoms with Crippen molar-refractivity contribution in [1.82, 2.24) is 5.32 Å². The maximum Gasteiger partial charge on any atom is 0.220 e. The van der Waals surface area contributed by atoms with E-state index in [-0.39, 0.29) is 12.5 Å². The minimum atomic E-state index is -0.833. The number of aliphatic hydroxyl groups excluding tert-OH is 2. The number of amides is 1. The molecule has 0 aliphatic heterocycles. The van der Waals surface area contributed by atoms with Crippen molar-refractivity contribution in [3.05, 3.63) is 12.2 Å². The fourth-order valence-electron chi connectivity index (χ4n) is 7.77. The molecule has 0 heterocycles. The number of nitrogens with one attached hydrogen (secondary N) is 1. The van der Waals surface area contributed by atoms with Gasteiger partial charge in [0.05, 0.1) is 18.8 Å². The Morgan fingerprint density at radius 3 is 0.981 bits per heavy atom. The minimum absolute atomic E-state index is 0.0580. The second-order valence-electron chi connectivity index (χ2n) is 16.9. The highest BCUT2D eigenvalue weighted by atomic mass is 16.3. The van der Waals surface area contributed by atoms with Gasteiger partial charge in [0.2, 0.25) is 5.91 Å². The predicted octanol–water partition coefficient (Wildman–Crippen LogP) is 15.4. The summed E-state index contributed by atoms with van der Waals surface area (Å²) < 4.78 is 0. The van der Waals surface area contributed by atoms with Gasteiger partial charge in [0.1, 0.15) is 0 Å². The third-order valence-electron chi connectivity index (χ3n) is 11.5. The Hall–Kier alpha value is -0.870. The molecule has 0 saturated heterocycles. The zero-order chi connectivity index (χ0) is 38.6. The quantitative estimate of drug-likeness (QED) is 0.0429. The highest BCUT2D eigenvalue weighted by Gasteiger charge is 2.18. The summed E-state index contributed by atoms with van der Waals surface area (Å²) >= 11 is 0. The van der Waals surface area contributed by atoms with Crippen LogP contribution in [0.4, 0.5) is 0 Å². The Balaban J connectivity index is 3.45. The smallest absolute Gasteiger partial charge is 0.220 e. The van der Waals surface area contributed by atoms with E-state index in [1.54, 1.807) is 6.08 Å². The van der Waals surface area contributed by atoms with Crippen molar-refractivity contribution in [3.8, 4) is 0 Å². The molecule has 53 heavy (non-hydrogen) atoms. The second kappa shape index (κ2) is 45.5. The molecular weight excluding hydrogens is 651 g/mol. The largest absolute Gasteiger partial charge is 0.394 e. The molecule has 1 amide bonds. The number of hydrogen-bond acceptors (Lipinski definition) is 3. The van der Waals surface area contributed by atoms with E-state index >= 15 is 0 Å². The summed E-state index contributed by atoms with van der Waals surface area (Å²) in [5.74, 6) is -0.0580. The van der Waals surface area contributed by atoms with Crippen LogP contribution in [0.5, 0.6) is 0 Å². The molecule has 0 aliphatic rings. The summed E-state index contributed by atoms with van der Waals surface area (Å²) in [4.78, 5) is 12.4. The van der Waals surface area contributed by atoms with Crippen molar-refractivity contribution >= 4 is 5.91 Å². The number of carbonyl (C=O) groups is 1. The highest BCUT2D eigenvalue weighted by Crippen LogP contribution is 2.17. The molecule has 0 rings (SSSR count). The summed E-state index contributed by atoms with van der Waals surface area (Å²) in [7, 11) is 0. The monoisotopic (exact) mass is 748 g/mol. The van der Waals surface area contributed by atoms with Crippen LogP contribution >= 0.6 is 0 Å². The standard InChI is InChI=1S/C49H97NO3/c1-3-5-7-9-11-13-15-17-19-20-21-22-23-24-25-26-27-28-29-31-33-35-37-39-41-43-45-49(53)50-47(46-51)48(52)44-42-40-38-36-34-32-30-18-16-14-12-10-8-6-4-2/h42,44,47-48,51-52H,3-41,43,45-46H2,1-2H3,(H,50,53)/b44-42+. The number of aliphatic hydroxyl groups is 2. The molecular formula is C49H97NO3. The van der Waals surface area contributed by atoms with E-state index in [2.05, 4.69) is 19.2 Å². The van der Waals surface area contributed by atoms with Crippen LogP contribution in [0.1, 0.15) is 277 Å². The van der Waals surface area contributed by atoms with Gasteiger partial charge in [-0.2, -0.15) is 0 Å². The Bertz CT molecular complexity index is 725. The zero-order valence-electron chi connectivity index (χ0n) is 36.3. The number of allylic oxidation sites excluding steroid dienone is 1. The van der Waals surface area contributed by atoms with Gasteiger partial charge in [-0.1, -0.05) is 264 Å². The molecule has 316 valence electrons. The van der Waals surface area contributed by atoms with Gasteiger partial charge < -0.3 is 15.5 Å². The molecule has 0 aromatic heterocycles. The molecule has 0 aliphatic carbocycles. The molecule has 0 fully saturated rings. The van der Waals surface area contributed by atoms with E-state index in [4.69, 9.17) is 0 Å². The third-order valence-corrected chi connectivity index (χ3v) is 11.5. The first-order chi connectivity index (χ1) is 26.2. The second-order valence-corrected chi connectivity index (χ2v) is 16.9. The van der Waals surface area contributed by atoms with Crippen molar-refractivity contribution in [2.24, 2.45) is 0 Å². The van der Waals surface area contributed by atoms with Gasteiger partial charge in [0, 0.05) is 6.42 Å². The lowest BCUT2D eigenvalue weighted by Gasteiger charge is -2.20. The third kappa shape index (κ3) is 42.1. The van der Waals surface area contributed by atoms with E-state index in [0.29, 0.717) is 6.42 Å². The molecule has 2 unspecified atom stereocenters. The summed E-state index contributed by atoms with van der Waals surface area (Å²) in [6.07, 6.45) is 57.7. The van der Waals surface area contributed by atoms with E-state index < -0.39 is 12.1 Å². The van der Waals surface area contributed by atoms with Crippen molar-refractivity contribution in [2.75, 3.05) is 6.61 Å². The molecule has 0 bridgehead atoms. The van der Waals surface area contributed by atoms with E-state index in [1.165, 1.54) is 231 Å².